The fourth-order valence-corrected chi connectivity index (χ4v) is 3.73. The number of H-pyrrole nitrogens is 1. The normalized spacial score (nSPS) is 14.2. The van der Waals surface area contributed by atoms with Gasteiger partial charge in [-0.2, -0.15) is 5.10 Å². The van der Waals surface area contributed by atoms with E-state index in [2.05, 4.69) is 27.0 Å². The molecule has 0 radical (unpaired) electrons. The van der Waals surface area contributed by atoms with Crippen molar-refractivity contribution in [2.24, 2.45) is 0 Å². The zero-order valence-corrected chi connectivity index (χ0v) is 13.3. The van der Waals surface area contributed by atoms with Gasteiger partial charge in [0.25, 0.3) is 0 Å². The molecule has 3 aromatic rings. The molecule has 0 saturated carbocycles. The van der Waals surface area contributed by atoms with Crippen LogP contribution in [0.2, 0.25) is 0 Å². The van der Waals surface area contributed by atoms with E-state index in [0.717, 1.165) is 16.1 Å². The maximum atomic E-state index is 10.5. The molecule has 0 amide bonds. The first kappa shape index (κ1) is 14.5. The molecule has 0 spiro atoms. The smallest absolute Gasteiger partial charge is 0.108 e. The van der Waals surface area contributed by atoms with E-state index >= 15 is 0 Å². The summed E-state index contributed by atoms with van der Waals surface area (Å²) in [5.41, 5.74) is 1.31. The molecule has 0 fully saturated rings. The van der Waals surface area contributed by atoms with Crippen molar-refractivity contribution < 1.29 is 5.11 Å². The Morgan fingerprint density at radius 1 is 1.29 bits per heavy atom. The second-order valence-corrected chi connectivity index (χ2v) is 7.00. The van der Waals surface area contributed by atoms with E-state index in [-0.39, 0.29) is 0 Å². The molecule has 6 heteroatoms. The predicted molar refractivity (Wildman–Crippen MR) is 87.5 cm³/mol. The molecule has 3 heterocycles. The molecule has 0 aromatic carbocycles. The summed E-state index contributed by atoms with van der Waals surface area (Å²) in [6.45, 7) is 3.01. The monoisotopic (exact) mass is 319 g/mol. The van der Waals surface area contributed by atoms with Gasteiger partial charge in [-0.05, 0) is 29.8 Å². The number of nitrogens with zero attached hydrogens (tertiary/aromatic N) is 1. The first-order valence-corrected chi connectivity index (χ1v) is 8.46. The molecule has 3 aromatic heterocycles. The Balaban J connectivity index is 1.63. The fraction of sp³-hybridized carbons (Fsp3) is 0.267. The van der Waals surface area contributed by atoms with Crippen molar-refractivity contribution in [1.29, 1.82) is 0 Å². The summed E-state index contributed by atoms with van der Waals surface area (Å²) in [5.74, 6) is 0. The van der Waals surface area contributed by atoms with Crippen LogP contribution < -0.4 is 5.32 Å². The average molecular weight is 319 g/mol. The summed E-state index contributed by atoms with van der Waals surface area (Å²) in [4.78, 5) is 2.15. The summed E-state index contributed by atoms with van der Waals surface area (Å²) in [6.07, 6.45) is 1.84. The molecule has 4 nitrogen and oxygen atoms in total. The minimum absolute atomic E-state index is 0.503. The molecule has 0 aliphatic heterocycles. The number of aromatic nitrogens is 2. The fourth-order valence-electron chi connectivity index (χ4n) is 2.19. The van der Waals surface area contributed by atoms with E-state index < -0.39 is 5.60 Å². The minimum atomic E-state index is -0.846. The molecule has 0 aliphatic rings. The maximum Gasteiger partial charge on any atom is 0.108 e. The molecule has 1 atom stereocenters. The highest BCUT2D eigenvalue weighted by Gasteiger charge is 2.23. The van der Waals surface area contributed by atoms with Gasteiger partial charge in [0, 0.05) is 23.5 Å². The van der Waals surface area contributed by atoms with Crippen LogP contribution in [0.3, 0.4) is 0 Å². The number of nitrogens with one attached hydrogen (secondary N) is 2. The number of hydrogen-bond acceptors (Lipinski definition) is 5. The highest BCUT2D eigenvalue weighted by Crippen LogP contribution is 2.27. The Morgan fingerprint density at radius 2 is 2.10 bits per heavy atom. The lowest BCUT2D eigenvalue weighted by Gasteiger charge is -2.22. The van der Waals surface area contributed by atoms with Gasteiger partial charge in [-0.15, -0.1) is 22.7 Å². The zero-order valence-electron chi connectivity index (χ0n) is 11.7. The van der Waals surface area contributed by atoms with Crippen molar-refractivity contribution in [3.63, 3.8) is 0 Å². The van der Waals surface area contributed by atoms with Gasteiger partial charge in [0.05, 0.1) is 16.8 Å². The van der Waals surface area contributed by atoms with Crippen LogP contribution in [0.1, 0.15) is 17.4 Å². The lowest BCUT2D eigenvalue weighted by atomic mass is 10.1. The van der Waals surface area contributed by atoms with Crippen LogP contribution in [-0.2, 0) is 12.1 Å². The van der Waals surface area contributed by atoms with Crippen molar-refractivity contribution in [1.82, 2.24) is 15.5 Å². The van der Waals surface area contributed by atoms with Crippen molar-refractivity contribution in [2.75, 3.05) is 6.54 Å². The van der Waals surface area contributed by atoms with Gasteiger partial charge in [0.1, 0.15) is 5.60 Å². The zero-order chi connectivity index (χ0) is 14.7. The van der Waals surface area contributed by atoms with Crippen LogP contribution >= 0.6 is 22.7 Å². The van der Waals surface area contributed by atoms with Gasteiger partial charge < -0.3 is 10.4 Å². The summed E-state index contributed by atoms with van der Waals surface area (Å²) in [6, 6.07) is 8.02. The van der Waals surface area contributed by atoms with Crippen LogP contribution in [0.25, 0.3) is 10.6 Å². The SMILES string of the molecule is CC(O)(CNCc1cn[nH]c1-c1cccs1)c1cccs1. The van der Waals surface area contributed by atoms with Crippen molar-refractivity contribution in [3.8, 4) is 10.6 Å². The van der Waals surface area contributed by atoms with Gasteiger partial charge in [-0.1, -0.05) is 12.1 Å². The molecule has 0 saturated heterocycles. The van der Waals surface area contributed by atoms with Gasteiger partial charge in [0.2, 0.25) is 0 Å². The summed E-state index contributed by atoms with van der Waals surface area (Å²) in [7, 11) is 0. The van der Waals surface area contributed by atoms with Gasteiger partial charge in [-0.3, -0.25) is 5.10 Å². The number of thiophene rings is 2. The van der Waals surface area contributed by atoms with Crippen molar-refractivity contribution in [3.05, 3.63) is 51.7 Å². The molecule has 0 aliphatic carbocycles. The summed E-state index contributed by atoms with van der Waals surface area (Å²) in [5, 5.41) is 25.0. The lowest BCUT2D eigenvalue weighted by molar-refractivity contribution is 0.0604. The molecule has 110 valence electrons. The van der Waals surface area contributed by atoms with E-state index in [0.29, 0.717) is 13.1 Å². The molecular weight excluding hydrogens is 302 g/mol. The third-order valence-corrected chi connectivity index (χ3v) is 5.33. The average Bonchev–Trinajstić information content (AvgIpc) is 3.20. The predicted octanol–water partition coefficient (Wildman–Crippen LogP) is 3.20. The van der Waals surface area contributed by atoms with E-state index in [9.17, 15) is 5.11 Å². The number of rotatable bonds is 6. The minimum Gasteiger partial charge on any atom is -0.383 e. The van der Waals surface area contributed by atoms with Crippen LogP contribution in [0.5, 0.6) is 0 Å². The number of hydrogen-bond donors (Lipinski definition) is 3. The Hall–Kier alpha value is -1.47. The van der Waals surface area contributed by atoms with Crippen molar-refractivity contribution in [2.45, 2.75) is 19.1 Å². The van der Waals surface area contributed by atoms with Crippen molar-refractivity contribution >= 4 is 22.7 Å². The van der Waals surface area contributed by atoms with E-state index in [1.807, 2.05) is 36.7 Å². The van der Waals surface area contributed by atoms with Gasteiger partial charge in [-0.25, -0.2) is 0 Å². The highest BCUT2D eigenvalue weighted by molar-refractivity contribution is 7.13. The molecule has 3 rings (SSSR count). The molecule has 1 unspecified atom stereocenters. The first-order valence-electron chi connectivity index (χ1n) is 6.70. The summed E-state index contributed by atoms with van der Waals surface area (Å²) >= 11 is 3.26. The number of aliphatic hydroxyl groups is 1. The molecule has 21 heavy (non-hydrogen) atoms. The lowest BCUT2D eigenvalue weighted by Crippen LogP contribution is -2.34. The third-order valence-electron chi connectivity index (χ3n) is 3.32. The number of aromatic amines is 1. The van der Waals surface area contributed by atoms with Gasteiger partial charge in [0.15, 0.2) is 0 Å². The molecule has 3 N–H and O–H groups in total. The second kappa shape index (κ2) is 6.11. The van der Waals surface area contributed by atoms with E-state index in [1.54, 1.807) is 22.7 Å². The summed E-state index contributed by atoms with van der Waals surface area (Å²) < 4.78 is 0. The Bertz CT molecular complexity index is 672. The van der Waals surface area contributed by atoms with E-state index in [4.69, 9.17) is 0 Å². The quantitative estimate of drug-likeness (QED) is 0.654. The Labute approximate surface area is 131 Å². The van der Waals surface area contributed by atoms with Crippen LogP contribution in [-0.4, -0.2) is 21.8 Å². The Morgan fingerprint density at radius 3 is 2.81 bits per heavy atom. The second-order valence-electron chi connectivity index (χ2n) is 5.10. The molecule has 0 bridgehead atoms. The van der Waals surface area contributed by atoms with E-state index in [1.165, 1.54) is 4.88 Å². The maximum absolute atomic E-state index is 10.5. The third kappa shape index (κ3) is 3.24. The van der Waals surface area contributed by atoms with Gasteiger partial charge >= 0.3 is 0 Å². The van der Waals surface area contributed by atoms with Crippen LogP contribution in [0.15, 0.2) is 41.2 Å². The largest absolute Gasteiger partial charge is 0.383 e. The first-order chi connectivity index (χ1) is 10.2. The molecular formula is C15H17N3OS2. The standard InChI is InChI=1S/C15H17N3OS2/c1-15(19,13-5-3-7-21-13)10-16-8-11-9-17-18-14(11)12-4-2-6-20-12/h2-7,9,16,19H,8,10H2,1H3,(H,17,18). The van der Waals surface area contributed by atoms with Crippen LogP contribution in [0, 0.1) is 0 Å². The Kier molecular flexibility index (Phi) is 4.21. The van der Waals surface area contributed by atoms with Crippen LogP contribution in [0.4, 0.5) is 0 Å². The highest BCUT2D eigenvalue weighted by atomic mass is 32.1. The topological polar surface area (TPSA) is 60.9 Å².